The third kappa shape index (κ3) is 3.26. The molecular formula is C19H14Cl2N2O4. The van der Waals surface area contributed by atoms with E-state index in [9.17, 15) is 14.4 Å². The van der Waals surface area contributed by atoms with Crippen LogP contribution in [0.25, 0.3) is 11.1 Å². The van der Waals surface area contributed by atoms with Gasteiger partial charge in [-0.1, -0.05) is 41.4 Å². The average molecular weight is 405 g/mol. The van der Waals surface area contributed by atoms with E-state index in [1.807, 2.05) is 18.2 Å². The molecule has 0 bridgehead atoms. The van der Waals surface area contributed by atoms with Crippen molar-refractivity contribution in [2.75, 3.05) is 19.7 Å². The Morgan fingerprint density at radius 3 is 2.22 bits per heavy atom. The average Bonchev–Trinajstić information content (AvgIpc) is 2.95. The number of nitrogens with zero attached hydrogens (tertiary/aromatic N) is 2. The molecular weight excluding hydrogens is 391 g/mol. The number of hydrogen-bond donors (Lipinski definition) is 0. The maximum atomic E-state index is 12.6. The zero-order valence-electron chi connectivity index (χ0n) is 14.0. The van der Waals surface area contributed by atoms with Crippen molar-refractivity contribution >= 4 is 41.1 Å². The van der Waals surface area contributed by atoms with E-state index in [4.69, 9.17) is 27.9 Å². The Labute approximate surface area is 165 Å². The maximum absolute atomic E-state index is 12.6. The summed E-state index contributed by atoms with van der Waals surface area (Å²) in [5.74, 6) is -0.505. The zero-order chi connectivity index (χ0) is 19.1. The Morgan fingerprint density at radius 1 is 0.963 bits per heavy atom. The summed E-state index contributed by atoms with van der Waals surface area (Å²) < 4.78 is 4.70. The molecule has 138 valence electrons. The zero-order valence-corrected chi connectivity index (χ0v) is 15.5. The molecule has 3 amide bonds. The van der Waals surface area contributed by atoms with Crippen LogP contribution in [0.4, 0.5) is 4.79 Å². The number of likely N-dealkylation sites (tertiary alicyclic amines) is 1. The van der Waals surface area contributed by atoms with Gasteiger partial charge in [0.2, 0.25) is 0 Å². The summed E-state index contributed by atoms with van der Waals surface area (Å²) in [5.41, 5.74) is 2.35. The fourth-order valence-electron chi connectivity index (χ4n) is 3.17. The summed E-state index contributed by atoms with van der Waals surface area (Å²) >= 11 is 12.0. The number of imide groups is 1. The molecule has 2 saturated heterocycles. The summed E-state index contributed by atoms with van der Waals surface area (Å²) in [5, 5.41) is 0.954. The lowest BCUT2D eigenvalue weighted by atomic mass is 10.0. The van der Waals surface area contributed by atoms with Gasteiger partial charge in [-0.25, -0.2) is 9.69 Å². The van der Waals surface area contributed by atoms with Gasteiger partial charge in [0.25, 0.3) is 11.8 Å². The molecule has 2 aliphatic rings. The van der Waals surface area contributed by atoms with Gasteiger partial charge in [0.1, 0.15) is 0 Å². The first kappa shape index (κ1) is 17.8. The molecule has 4 rings (SSSR count). The van der Waals surface area contributed by atoms with Gasteiger partial charge >= 0.3 is 6.09 Å². The molecule has 8 heteroatoms. The van der Waals surface area contributed by atoms with Gasteiger partial charge in [-0.3, -0.25) is 9.59 Å². The molecule has 6 nitrogen and oxygen atoms in total. The van der Waals surface area contributed by atoms with Crippen LogP contribution in [-0.4, -0.2) is 53.4 Å². The molecule has 0 aromatic heterocycles. The number of hydrogen-bond acceptors (Lipinski definition) is 4. The Morgan fingerprint density at radius 2 is 1.63 bits per heavy atom. The van der Waals surface area contributed by atoms with Crippen LogP contribution in [0, 0.1) is 0 Å². The van der Waals surface area contributed by atoms with Crippen molar-refractivity contribution in [2.45, 2.75) is 6.04 Å². The Kier molecular flexibility index (Phi) is 4.53. The largest absolute Gasteiger partial charge is 0.439 e. The fraction of sp³-hybridized carbons (Fsp3) is 0.211. The van der Waals surface area contributed by atoms with Gasteiger partial charge in [-0.15, -0.1) is 0 Å². The van der Waals surface area contributed by atoms with E-state index < -0.39 is 6.09 Å². The van der Waals surface area contributed by atoms with Crippen LogP contribution >= 0.6 is 23.2 Å². The minimum absolute atomic E-state index is 0.146. The molecule has 0 N–H and O–H groups in total. The molecule has 2 aromatic rings. The summed E-state index contributed by atoms with van der Waals surface area (Å²) in [4.78, 5) is 38.4. The summed E-state index contributed by atoms with van der Waals surface area (Å²) in [7, 11) is 0. The van der Waals surface area contributed by atoms with Gasteiger partial charge in [0.15, 0.2) is 6.61 Å². The topological polar surface area (TPSA) is 66.9 Å². The highest BCUT2D eigenvalue weighted by atomic mass is 35.5. The number of amides is 3. The summed E-state index contributed by atoms with van der Waals surface area (Å²) in [6, 6.07) is 12.2. The van der Waals surface area contributed by atoms with Crippen molar-refractivity contribution in [2.24, 2.45) is 0 Å². The highest BCUT2D eigenvalue weighted by Gasteiger charge is 2.44. The molecule has 2 heterocycles. The SMILES string of the molecule is O=C(c1ccc(-c2ccc(Cl)c(Cl)c2)cc1)N1CC(N2C(=O)COC2=O)C1. The normalized spacial score (nSPS) is 17.1. The van der Waals surface area contributed by atoms with Crippen LogP contribution in [0.15, 0.2) is 42.5 Å². The number of carbonyl (C=O) groups excluding carboxylic acids is 3. The first-order valence-electron chi connectivity index (χ1n) is 8.27. The fourth-order valence-corrected chi connectivity index (χ4v) is 3.46. The van der Waals surface area contributed by atoms with E-state index in [1.165, 1.54) is 0 Å². The van der Waals surface area contributed by atoms with Crippen LogP contribution in [0.2, 0.25) is 10.0 Å². The van der Waals surface area contributed by atoms with E-state index in [0.29, 0.717) is 28.7 Å². The molecule has 2 aliphatic heterocycles. The Hall–Kier alpha value is -2.57. The van der Waals surface area contributed by atoms with E-state index in [0.717, 1.165) is 16.0 Å². The van der Waals surface area contributed by atoms with E-state index in [1.54, 1.807) is 29.2 Å². The highest BCUT2D eigenvalue weighted by Crippen LogP contribution is 2.29. The minimum atomic E-state index is -0.636. The molecule has 0 aliphatic carbocycles. The van der Waals surface area contributed by atoms with Crippen molar-refractivity contribution in [3.05, 3.63) is 58.1 Å². The number of halogens is 2. The Balaban J connectivity index is 1.42. The molecule has 27 heavy (non-hydrogen) atoms. The predicted octanol–water partition coefficient (Wildman–Crippen LogP) is 3.46. The number of ether oxygens (including phenoxy) is 1. The first-order chi connectivity index (χ1) is 12.9. The van der Waals surface area contributed by atoms with Gasteiger partial charge in [-0.2, -0.15) is 0 Å². The second-order valence-electron chi connectivity index (χ2n) is 6.39. The van der Waals surface area contributed by atoms with Gasteiger partial charge in [-0.05, 0) is 35.4 Å². The Bertz CT molecular complexity index is 923. The second kappa shape index (κ2) is 6.87. The van der Waals surface area contributed by atoms with Crippen LogP contribution in [0.3, 0.4) is 0 Å². The van der Waals surface area contributed by atoms with E-state index >= 15 is 0 Å². The maximum Gasteiger partial charge on any atom is 0.417 e. The van der Waals surface area contributed by atoms with Gasteiger partial charge < -0.3 is 9.64 Å². The van der Waals surface area contributed by atoms with Crippen molar-refractivity contribution in [3.8, 4) is 11.1 Å². The monoisotopic (exact) mass is 404 g/mol. The quantitative estimate of drug-likeness (QED) is 0.785. The lowest BCUT2D eigenvalue weighted by Crippen LogP contribution is -2.62. The van der Waals surface area contributed by atoms with E-state index in [2.05, 4.69) is 0 Å². The summed E-state index contributed by atoms with van der Waals surface area (Å²) in [6.07, 6.45) is -0.636. The molecule has 0 saturated carbocycles. The number of benzene rings is 2. The standard InChI is InChI=1S/C19H14Cl2N2O4/c20-15-6-5-13(7-16(15)21)11-1-3-12(4-2-11)18(25)22-8-14(9-22)23-17(24)10-27-19(23)26/h1-7,14H,8-10H2. The molecule has 0 spiro atoms. The minimum Gasteiger partial charge on any atom is -0.439 e. The van der Waals surface area contributed by atoms with E-state index in [-0.39, 0.29) is 24.5 Å². The van der Waals surface area contributed by atoms with Crippen molar-refractivity contribution < 1.29 is 19.1 Å². The predicted molar refractivity (Wildman–Crippen MR) is 99.8 cm³/mol. The van der Waals surface area contributed by atoms with Gasteiger partial charge in [0.05, 0.1) is 16.1 Å². The lowest BCUT2D eigenvalue weighted by Gasteiger charge is -2.41. The molecule has 0 radical (unpaired) electrons. The third-order valence-electron chi connectivity index (χ3n) is 4.68. The third-order valence-corrected chi connectivity index (χ3v) is 5.42. The van der Waals surface area contributed by atoms with Crippen molar-refractivity contribution in [1.29, 1.82) is 0 Å². The highest BCUT2D eigenvalue weighted by molar-refractivity contribution is 6.42. The molecule has 2 aromatic carbocycles. The number of carbonyl (C=O) groups is 3. The number of cyclic esters (lactones) is 1. The van der Waals surface area contributed by atoms with Crippen LogP contribution in [0.5, 0.6) is 0 Å². The van der Waals surface area contributed by atoms with Gasteiger partial charge in [0, 0.05) is 18.7 Å². The molecule has 0 atom stereocenters. The number of rotatable bonds is 3. The van der Waals surface area contributed by atoms with Crippen LogP contribution in [-0.2, 0) is 9.53 Å². The van der Waals surface area contributed by atoms with Crippen LogP contribution < -0.4 is 0 Å². The lowest BCUT2D eigenvalue weighted by molar-refractivity contribution is -0.129. The summed E-state index contributed by atoms with van der Waals surface area (Å²) in [6.45, 7) is 0.405. The molecule has 2 fully saturated rings. The van der Waals surface area contributed by atoms with Crippen LogP contribution in [0.1, 0.15) is 10.4 Å². The molecule has 0 unspecified atom stereocenters. The first-order valence-corrected chi connectivity index (χ1v) is 9.03. The van der Waals surface area contributed by atoms with Crippen molar-refractivity contribution in [1.82, 2.24) is 9.80 Å². The van der Waals surface area contributed by atoms with Crippen molar-refractivity contribution in [3.63, 3.8) is 0 Å². The second-order valence-corrected chi connectivity index (χ2v) is 7.20. The smallest absolute Gasteiger partial charge is 0.417 e.